The summed E-state index contributed by atoms with van der Waals surface area (Å²) in [5.74, 6) is 1.19. The topological polar surface area (TPSA) is 124 Å². The predicted octanol–water partition coefficient (Wildman–Crippen LogP) is 3.25. The Morgan fingerprint density at radius 1 is 1.35 bits per heavy atom. The van der Waals surface area contributed by atoms with E-state index in [4.69, 9.17) is 19.9 Å². The number of nitrogens with zero attached hydrogens (tertiary/aromatic N) is 4. The van der Waals surface area contributed by atoms with E-state index in [0.29, 0.717) is 53.9 Å². The summed E-state index contributed by atoms with van der Waals surface area (Å²) in [6.45, 7) is 4.51. The second kappa shape index (κ2) is 9.73. The molecule has 0 spiro atoms. The van der Waals surface area contributed by atoms with Crippen LogP contribution in [0.5, 0.6) is 5.75 Å². The fourth-order valence-corrected chi connectivity index (χ4v) is 3.57. The third-order valence-corrected chi connectivity index (χ3v) is 5.03. The van der Waals surface area contributed by atoms with Crippen molar-refractivity contribution in [3.63, 3.8) is 0 Å². The number of urea groups is 1. The normalized spacial score (nSPS) is 15.6. The van der Waals surface area contributed by atoms with E-state index < -0.39 is 18.4 Å². The first-order chi connectivity index (χ1) is 14.9. The molecular formula is C22H27N5O4. The van der Waals surface area contributed by atoms with Gasteiger partial charge in [0.1, 0.15) is 23.2 Å². The van der Waals surface area contributed by atoms with Gasteiger partial charge in [0, 0.05) is 26.5 Å². The van der Waals surface area contributed by atoms with Gasteiger partial charge in [-0.05, 0) is 30.4 Å². The Labute approximate surface area is 181 Å². The number of aromatic nitrogens is 2. The largest absolute Gasteiger partial charge is 0.492 e. The Kier molecular flexibility index (Phi) is 7.05. The van der Waals surface area contributed by atoms with Crippen molar-refractivity contribution >= 4 is 11.8 Å². The third kappa shape index (κ3) is 4.76. The van der Waals surface area contributed by atoms with Gasteiger partial charge in [-0.25, -0.2) is 9.78 Å². The number of amides is 2. The number of methoxy groups -OCH3 is 2. The Balaban J connectivity index is 2.02. The maximum atomic E-state index is 12.5. The molecule has 1 atom stereocenters. The first kappa shape index (κ1) is 22.5. The summed E-state index contributed by atoms with van der Waals surface area (Å²) < 4.78 is 16.4. The molecule has 2 aromatic rings. The highest BCUT2D eigenvalue weighted by molar-refractivity contribution is 5.91. The molecule has 0 fully saturated rings. The fourth-order valence-electron chi connectivity index (χ4n) is 3.57. The number of pyridine rings is 2. The number of aryl methyl sites for hydroxylation is 1. The molecule has 31 heavy (non-hydrogen) atoms. The molecule has 0 aromatic carbocycles. The van der Waals surface area contributed by atoms with Crippen LogP contribution in [0, 0.1) is 17.2 Å². The zero-order valence-corrected chi connectivity index (χ0v) is 18.2. The van der Waals surface area contributed by atoms with Crippen molar-refractivity contribution in [2.75, 3.05) is 25.7 Å². The predicted molar refractivity (Wildman–Crippen MR) is 113 cm³/mol. The molecule has 1 unspecified atom stereocenters. The lowest BCUT2D eigenvalue weighted by molar-refractivity contribution is -0.108. The number of anilines is 1. The van der Waals surface area contributed by atoms with Crippen molar-refractivity contribution in [3.05, 3.63) is 46.9 Å². The molecule has 0 radical (unpaired) electrons. The van der Waals surface area contributed by atoms with Gasteiger partial charge in [0.05, 0.1) is 24.0 Å². The maximum Gasteiger partial charge on any atom is 0.321 e. The minimum atomic E-state index is -0.663. The van der Waals surface area contributed by atoms with E-state index in [0.717, 1.165) is 5.56 Å². The standard InChI is InChI=1S/C22H27N5O4/c1-13(2)12-31-19-9-17(25-11-15(19)10-23)18-8-6-14-5-7-16(21(29-3)30-4)26-20(14)27(18)22(24)28/h5,7,9,11,13,18,21H,6,8,12H2,1-4H3,(H2,24,28). The van der Waals surface area contributed by atoms with Gasteiger partial charge in [-0.3, -0.25) is 9.88 Å². The number of hydrogen-bond donors (Lipinski definition) is 1. The van der Waals surface area contributed by atoms with Gasteiger partial charge in [-0.15, -0.1) is 0 Å². The Morgan fingerprint density at radius 3 is 2.71 bits per heavy atom. The number of nitrogens with two attached hydrogens (primary N) is 1. The van der Waals surface area contributed by atoms with Crippen LogP contribution in [0.2, 0.25) is 0 Å². The van der Waals surface area contributed by atoms with E-state index in [1.54, 1.807) is 6.07 Å². The molecule has 2 N–H and O–H groups in total. The van der Waals surface area contributed by atoms with Crippen LogP contribution in [0.15, 0.2) is 24.4 Å². The molecule has 3 heterocycles. The average Bonchev–Trinajstić information content (AvgIpc) is 2.77. The molecule has 9 nitrogen and oxygen atoms in total. The summed E-state index contributed by atoms with van der Waals surface area (Å²) in [7, 11) is 3.03. The van der Waals surface area contributed by atoms with Crippen LogP contribution in [0.3, 0.4) is 0 Å². The van der Waals surface area contributed by atoms with Crippen LogP contribution < -0.4 is 15.4 Å². The number of hydrogen-bond acceptors (Lipinski definition) is 7. The first-order valence-corrected chi connectivity index (χ1v) is 10.1. The Hall–Kier alpha value is -3.22. The molecule has 1 aliphatic rings. The van der Waals surface area contributed by atoms with Crippen molar-refractivity contribution in [2.24, 2.45) is 11.7 Å². The van der Waals surface area contributed by atoms with Crippen molar-refractivity contribution in [1.82, 2.24) is 9.97 Å². The number of primary amides is 1. The number of carbonyl (C=O) groups excluding carboxylic acids is 1. The van der Waals surface area contributed by atoms with Crippen LogP contribution in [-0.4, -0.2) is 36.8 Å². The lowest BCUT2D eigenvalue weighted by Crippen LogP contribution is -2.43. The van der Waals surface area contributed by atoms with Gasteiger partial charge in [0.15, 0.2) is 0 Å². The molecule has 3 rings (SSSR count). The molecule has 1 aliphatic heterocycles. The summed E-state index contributed by atoms with van der Waals surface area (Å²) in [6, 6.07) is 6.44. The van der Waals surface area contributed by atoms with Crippen molar-refractivity contribution < 1.29 is 19.0 Å². The summed E-state index contributed by atoms with van der Waals surface area (Å²) in [5.41, 5.74) is 8.13. The van der Waals surface area contributed by atoms with Crippen molar-refractivity contribution in [2.45, 2.75) is 39.0 Å². The van der Waals surface area contributed by atoms with Gasteiger partial charge in [-0.1, -0.05) is 19.9 Å². The highest BCUT2D eigenvalue weighted by Gasteiger charge is 2.34. The van der Waals surface area contributed by atoms with Gasteiger partial charge in [0.2, 0.25) is 6.29 Å². The second-order valence-electron chi connectivity index (χ2n) is 7.71. The van der Waals surface area contributed by atoms with Crippen LogP contribution in [0.4, 0.5) is 10.6 Å². The van der Waals surface area contributed by atoms with Crippen LogP contribution in [0.25, 0.3) is 0 Å². The Morgan fingerprint density at radius 2 is 2.10 bits per heavy atom. The number of ether oxygens (including phenoxy) is 3. The fraction of sp³-hybridized carbons (Fsp3) is 0.455. The van der Waals surface area contributed by atoms with Gasteiger partial charge < -0.3 is 19.9 Å². The zero-order valence-electron chi connectivity index (χ0n) is 18.2. The molecule has 0 aliphatic carbocycles. The molecule has 0 bridgehead atoms. The summed E-state index contributed by atoms with van der Waals surface area (Å²) >= 11 is 0. The number of nitriles is 1. The quantitative estimate of drug-likeness (QED) is 0.675. The van der Waals surface area contributed by atoms with Crippen molar-refractivity contribution in [1.29, 1.82) is 5.26 Å². The van der Waals surface area contributed by atoms with Crippen LogP contribution in [0.1, 0.15) is 55.1 Å². The molecule has 0 saturated heterocycles. The molecule has 0 saturated carbocycles. The van der Waals surface area contributed by atoms with Gasteiger partial charge in [-0.2, -0.15) is 5.26 Å². The minimum absolute atomic E-state index is 0.295. The van der Waals surface area contributed by atoms with Crippen LogP contribution >= 0.6 is 0 Å². The van der Waals surface area contributed by atoms with E-state index in [1.165, 1.54) is 25.3 Å². The van der Waals surface area contributed by atoms with Gasteiger partial charge in [0.25, 0.3) is 0 Å². The van der Waals surface area contributed by atoms with E-state index >= 15 is 0 Å². The molecule has 2 aromatic heterocycles. The smallest absolute Gasteiger partial charge is 0.321 e. The monoisotopic (exact) mass is 425 g/mol. The third-order valence-electron chi connectivity index (χ3n) is 5.03. The summed E-state index contributed by atoms with van der Waals surface area (Å²) in [6.07, 6.45) is 2.10. The summed E-state index contributed by atoms with van der Waals surface area (Å²) in [5, 5.41) is 9.40. The SMILES string of the molecule is COC(OC)c1ccc2c(n1)N(C(N)=O)C(c1cc(OCC(C)C)c(C#N)cn1)CC2. The lowest BCUT2D eigenvalue weighted by Gasteiger charge is -2.35. The molecule has 9 heteroatoms. The van der Waals surface area contributed by atoms with Gasteiger partial charge >= 0.3 is 6.03 Å². The van der Waals surface area contributed by atoms with E-state index in [9.17, 15) is 10.1 Å². The molecular weight excluding hydrogens is 398 g/mol. The average molecular weight is 425 g/mol. The Bertz CT molecular complexity index is 984. The van der Waals surface area contributed by atoms with Crippen molar-refractivity contribution in [3.8, 4) is 11.8 Å². The highest BCUT2D eigenvalue weighted by Crippen LogP contribution is 2.38. The molecule has 164 valence electrons. The minimum Gasteiger partial charge on any atom is -0.492 e. The first-order valence-electron chi connectivity index (χ1n) is 10.1. The molecule has 2 amide bonds. The van der Waals surface area contributed by atoms with E-state index in [2.05, 4.69) is 16.0 Å². The van der Waals surface area contributed by atoms with Crippen LogP contribution in [-0.2, 0) is 15.9 Å². The summed E-state index contributed by atoms with van der Waals surface area (Å²) in [4.78, 5) is 23.0. The van der Waals surface area contributed by atoms with E-state index in [1.807, 2.05) is 26.0 Å². The second-order valence-corrected chi connectivity index (χ2v) is 7.71. The lowest BCUT2D eigenvalue weighted by atomic mass is 9.95. The maximum absolute atomic E-state index is 12.5. The number of fused-ring (bicyclic) bond motifs is 1. The highest BCUT2D eigenvalue weighted by atomic mass is 16.7. The number of rotatable bonds is 7. The van der Waals surface area contributed by atoms with E-state index in [-0.39, 0.29) is 0 Å². The zero-order chi connectivity index (χ0) is 22.5. The number of carbonyl (C=O) groups is 1.